The summed E-state index contributed by atoms with van der Waals surface area (Å²) >= 11 is 1.65. The summed E-state index contributed by atoms with van der Waals surface area (Å²) in [7, 11) is 1.40. The first-order valence-electron chi connectivity index (χ1n) is 10.4. The molecule has 32 heavy (non-hydrogen) atoms. The molecule has 0 radical (unpaired) electrons. The summed E-state index contributed by atoms with van der Waals surface area (Å²) in [6.07, 6.45) is 3.44. The monoisotopic (exact) mass is 449 g/mol. The van der Waals surface area contributed by atoms with E-state index in [0.717, 1.165) is 34.5 Å². The average Bonchev–Trinajstić information content (AvgIpc) is 3.30. The van der Waals surface area contributed by atoms with Crippen LogP contribution < -0.4 is 10.6 Å². The topological polar surface area (TPSA) is 97.4 Å². The van der Waals surface area contributed by atoms with Crippen LogP contribution in [0.25, 0.3) is 22.6 Å². The number of pyridine rings is 1. The highest BCUT2D eigenvalue weighted by Crippen LogP contribution is 2.37. The lowest BCUT2D eigenvalue weighted by molar-refractivity contribution is -0.127. The van der Waals surface area contributed by atoms with Crippen LogP contribution >= 0.6 is 11.3 Å². The molecule has 0 bridgehead atoms. The van der Waals surface area contributed by atoms with E-state index in [-0.39, 0.29) is 0 Å². The number of nitrogens with zero attached hydrogens (tertiary/aromatic N) is 1. The number of aromatic nitrogens is 1. The third kappa shape index (κ3) is 4.40. The minimum Gasteiger partial charge on any atom is -0.449 e. The van der Waals surface area contributed by atoms with Gasteiger partial charge in [-0.1, -0.05) is 24.3 Å². The fraction of sp³-hybridized carbons (Fsp3) is 0.250. The molecule has 7 nitrogen and oxygen atoms in total. The van der Waals surface area contributed by atoms with Crippen molar-refractivity contribution in [1.82, 2.24) is 15.6 Å². The number of thiophene rings is 1. The van der Waals surface area contributed by atoms with Gasteiger partial charge in [-0.15, -0.1) is 11.3 Å². The van der Waals surface area contributed by atoms with Crippen LogP contribution in [0.4, 0.5) is 4.79 Å². The number of allylic oxidation sites excluding steroid dienone is 1. The molecule has 1 aliphatic rings. The molecule has 4 rings (SSSR count). The molecule has 1 atom stereocenters. The summed E-state index contributed by atoms with van der Waals surface area (Å²) in [4.78, 5) is 42.9. The maximum Gasteiger partial charge on any atom is 0.339 e. The SMILES string of the molecule is CNC(=O)NC(=O)C(C)OC(=O)c1c2c(nc3ccccc13)/C(=C/c1cccs1)CCC2. The van der Waals surface area contributed by atoms with E-state index in [1.54, 1.807) is 11.3 Å². The Balaban J connectivity index is 1.75. The maximum atomic E-state index is 13.3. The van der Waals surface area contributed by atoms with Gasteiger partial charge < -0.3 is 10.1 Å². The van der Waals surface area contributed by atoms with E-state index >= 15 is 0 Å². The Kier molecular flexibility index (Phi) is 6.32. The van der Waals surface area contributed by atoms with Crippen molar-refractivity contribution in [3.63, 3.8) is 0 Å². The van der Waals surface area contributed by atoms with Gasteiger partial charge in [0.1, 0.15) is 0 Å². The predicted octanol–water partition coefficient (Wildman–Crippen LogP) is 4.17. The largest absolute Gasteiger partial charge is 0.449 e. The van der Waals surface area contributed by atoms with Crippen molar-refractivity contribution in [1.29, 1.82) is 0 Å². The van der Waals surface area contributed by atoms with E-state index in [9.17, 15) is 14.4 Å². The molecule has 2 aromatic heterocycles. The Labute approximate surface area is 189 Å². The van der Waals surface area contributed by atoms with E-state index in [1.165, 1.54) is 14.0 Å². The lowest BCUT2D eigenvalue weighted by atomic mass is 9.86. The minimum absolute atomic E-state index is 0.432. The Morgan fingerprint density at radius 2 is 1.97 bits per heavy atom. The van der Waals surface area contributed by atoms with Crippen LogP contribution in [-0.2, 0) is 16.0 Å². The van der Waals surface area contributed by atoms with Crippen molar-refractivity contribution >= 4 is 51.8 Å². The van der Waals surface area contributed by atoms with Crippen LogP contribution in [0, 0.1) is 0 Å². The Hall–Kier alpha value is -3.52. The number of benzene rings is 1. The summed E-state index contributed by atoms with van der Waals surface area (Å²) in [5, 5.41) is 7.14. The van der Waals surface area contributed by atoms with Crippen molar-refractivity contribution in [2.45, 2.75) is 32.3 Å². The number of hydrogen-bond acceptors (Lipinski definition) is 6. The lowest BCUT2D eigenvalue weighted by Gasteiger charge is -2.23. The van der Waals surface area contributed by atoms with Gasteiger partial charge in [-0.05, 0) is 60.9 Å². The molecule has 0 spiro atoms. The van der Waals surface area contributed by atoms with E-state index in [2.05, 4.69) is 22.8 Å². The van der Waals surface area contributed by atoms with Crippen molar-refractivity contribution in [3.05, 3.63) is 63.5 Å². The number of fused-ring (bicyclic) bond motifs is 2. The molecule has 0 fully saturated rings. The van der Waals surface area contributed by atoms with Gasteiger partial charge in [0.25, 0.3) is 5.91 Å². The van der Waals surface area contributed by atoms with Crippen LogP contribution in [0.5, 0.6) is 0 Å². The summed E-state index contributed by atoms with van der Waals surface area (Å²) < 4.78 is 5.48. The van der Waals surface area contributed by atoms with Crippen LogP contribution in [0.15, 0.2) is 41.8 Å². The van der Waals surface area contributed by atoms with E-state index in [0.29, 0.717) is 22.9 Å². The zero-order valence-electron chi connectivity index (χ0n) is 17.8. The van der Waals surface area contributed by atoms with Crippen LogP contribution in [0.1, 0.15) is 46.3 Å². The number of carbonyl (C=O) groups is 3. The Bertz CT molecular complexity index is 1220. The number of para-hydroxylation sites is 1. The van der Waals surface area contributed by atoms with Gasteiger partial charge in [-0.3, -0.25) is 10.1 Å². The van der Waals surface area contributed by atoms with Gasteiger partial charge in [0.15, 0.2) is 6.10 Å². The normalized spacial score (nSPS) is 15.1. The number of nitrogens with one attached hydrogen (secondary N) is 2. The molecule has 164 valence electrons. The van der Waals surface area contributed by atoms with Gasteiger partial charge in [0, 0.05) is 17.3 Å². The number of imide groups is 1. The van der Waals surface area contributed by atoms with Gasteiger partial charge in [-0.2, -0.15) is 0 Å². The molecule has 3 amide bonds. The van der Waals surface area contributed by atoms with Crippen molar-refractivity contribution in [3.8, 4) is 0 Å². The molecule has 2 N–H and O–H groups in total. The molecule has 1 unspecified atom stereocenters. The Morgan fingerprint density at radius 1 is 1.16 bits per heavy atom. The smallest absolute Gasteiger partial charge is 0.339 e. The van der Waals surface area contributed by atoms with Gasteiger partial charge in [0.2, 0.25) is 0 Å². The zero-order chi connectivity index (χ0) is 22.7. The standard InChI is InChI=1S/C24H23N3O4S/c1-14(22(28)27-24(30)25-2)31-23(29)20-17-9-3-4-11-19(17)26-21-15(7-5-10-18(20)21)13-16-8-6-12-32-16/h3-4,6,8-9,11-14H,5,7,10H2,1-2H3,(H2,25,27,28,30)/b15-13+. The van der Waals surface area contributed by atoms with Crippen LogP contribution in [0.3, 0.4) is 0 Å². The number of esters is 1. The number of urea groups is 1. The molecular weight excluding hydrogens is 426 g/mol. The summed E-state index contributed by atoms with van der Waals surface area (Å²) in [5.41, 5.74) is 3.85. The third-order valence-electron chi connectivity index (χ3n) is 5.35. The van der Waals surface area contributed by atoms with Gasteiger partial charge in [0.05, 0.1) is 16.8 Å². The molecule has 1 aromatic carbocycles. The Morgan fingerprint density at radius 3 is 2.72 bits per heavy atom. The molecule has 8 heteroatoms. The second-order valence-corrected chi connectivity index (χ2v) is 8.46. The van der Waals surface area contributed by atoms with Crippen LogP contribution in [0.2, 0.25) is 0 Å². The van der Waals surface area contributed by atoms with E-state index < -0.39 is 24.0 Å². The number of ether oxygens (including phenoxy) is 1. The third-order valence-corrected chi connectivity index (χ3v) is 6.17. The fourth-order valence-corrected chi connectivity index (χ4v) is 4.48. The van der Waals surface area contributed by atoms with Crippen LogP contribution in [-0.4, -0.2) is 36.0 Å². The first-order valence-corrected chi connectivity index (χ1v) is 11.3. The van der Waals surface area contributed by atoms with Crippen molar-refractivity contribution < 1.29 is 19.1 Å². The summed E-state index contributed by atoms with van der Waals surface area (Å²) in [6, 6.07) is 10.8. The summed E-state index contributed by atoms with van der Waals surface area (Å²) in [5.74, 6) is -1.29. The fourth-order valence-electron chi connectivity index (χ4n) is 3.80. The predicted molar refractivity (Wildman–Crippen MR) is 124 cm³/mol. The molecule has 3 aromatic rings. The second kappa shape index (κ2) is 9.32. The highest BCUT2D eigenvalue weighted by molar-refractivity contribution is 7.10. The number of amides is 3. The quantitative estimate of drug-likeness (QED) is 0.583. The highest BCUT2D eigenvalue weighted by atomic mass is 32.1. The molecule has 0 saturated carbocycles. The molecule has 0 saturated heterocycles. The number of hydrogen-bond donors (Lipinski definition) is 2. The van der Waals surface area contributed by atoms with Crippen molar-refractivity contribution in [2.24, 2.45) is 0 Å². The van der Waals surface area contributed by atoms with Crippen molar-refractivity contribution in [2.75, 3.05) is 7.05 Å². The molecule has 1 aliphatic carbocycles. The minimum atomic E-state index is -1.13. The molecule has 2 heterocycles. The summed E-state index contributed by atoms with van der Waals surface area (Å²) in [6.45, 7) is 1.44. The number of rotatable bonds is 4. The van der Waals surface area contributed by atoms with Gasteiger partial charge >= 0.3 is 12.0 Å². The van der Waals surface area contributed by atoms with E-state index in [4.69, 9.17) is 9.72 Å². The first-order chi connectivity index (χ1) is 15.5. The molecular formula is C24H23N3O4S. The average molecular weight is 450 g/mol. The lowest BCUT2D eigenvalue weighted by Crippen LogP contribution is -2.43. The first kappa shape index (κ1) is 21.7. The highest BCUT2D eigenvalue weighted by Gasteiger charge is 2.28. The zero-order valence-corrected chi connectivity index (χ0v) is 18.6. The molecule has 0 aliphatic heterocycles. The van der Waals surface area contributed by atoms with Gasteiger partial charge in [-0.25, -0.2) is 14.6 Å². The second-order valence-electron chi connectivity index (χ2n) is 7.49. The maximum absolute atomic E-state index is 13.3. The number of carbonyl (C=O) groups excluding carboxylic acids is 3. The van der Waals surface area contributed by atoms with E-state index in [1.807, 2.05) is 35.7 Å².